The first-order chi connectivity index (χ1) is 14.2. The van der Waals surface area contributed by atoms with Crippen LogP contribution >= 0.6 is 11.3 Å². The number of carbonyl (C=O) groups is 1. The first kappa shape index (κ1) is 17.7. The summed E-state index contributed by atoms with van der Waals surface area (Å²) in [7, 11) is 0. The lowest BCUT2D eigenvalue weighted by Crippen LogP contribution is -2.19. The van der Waals surface area contributed by atoms with Crippen LogP contribution in [0.3, 0.4) is 0 Å². The predicted octanol–water partition coefficient (Wildman–Crippen LogP) is 4.62. The average Bonchev–Trinajstić information content (AvgIpc) is 3.07. The van der Waals surface area contributed by atoms with Crippen LogP contribution < -0.4 is 9.61 Å². The number of benzene rings is 3. The zero-order valence-corrected chi connectivity index (χ0v) is 16.3. The van der Waals surface area contributed by atoms with Crippen molar-refractivity contribution < 1.29 is 14.3 Å². The van der Waals surface area contributed by atoms with E-state index in [0.717, 1.165) is 27.1 Å². The minimum absolute atomic E-state index is 0.0515. The molecule has 0 radical (unpaired) electrons. The van der Waals surface area contributed by atoms with Crippen LogP contribution in [0.4, 0.5) is 0 Å². The minimum atomic E-state index is -0.405. The molecule has 6 heteroatoms. The molecule has 0 atom stereocenters. The smallest absolute Gasteiger partial charge is 0.338 e. The summed E-state index contributed by atoms with van der Waals surface area (Å²) in [5, 5.41) is 0. The Hall–Kier alpha value is -3.38. The van der Waals surface area contributed by atoms with Crippen LogP contribution in [-0.2, 0) is 17.7 Å². The number of esters is 1. The lowest BCUT2D eigenvalue weighted by molar-refractivity contribution is 0.0490. The molecule has 1 aliphatic heterocycles. The van der Waals surface area contributed by atoms with Crippen LogP contribution in [0.2, 0.25) is 0 Å². The van der Waals surface area contributed by atoms with Gasteiger partial charge in [0.2, 0.25) is 0 Å². The highest BCUT2D eigenvalue weighted by atomic mass is 32.1. The molecule has 0 fully saturated rings. The van der Waals surface area contributed by atoms with Crippen LogP contribution in [0.25, 0.3) is 10.2 Å². The van der Waals surface area contributed by atoms with Crippen molar-refractivity contribution in [2.75, 3.05) is 6.61 Å². The molecule has 144 valence electrons. The summed E-state index contributed by atoms with van der Waals surface area (Å²) in [5.74, 6) is 1.09. The Morgan fingerprint density at radius 2 is 1.79 bits per heavy atom. The van der Waals surface area contributed by atoms with E-state index < -0.39 is 5.97 Å². The number of carbonyl (C=O) groups excluding carboxylic acids is 1. The van der Waals surface area contributed by atoms with Gasteiger partial charge < -0.3 is 9.47 Å². The predicted molar refractivity (Wildman–Crippen MR) is 112 cm³/mol. The number of para-hydroxylation sites is 2. The molecule has 0 N–H and O–H groups in total. The molecule has 2 heterocycles. The monoisotopic (exact) mass is 403 g/mol. The van der Waals surface area contributed by atoms with Gasteiger partial charge in [0.1, 0.15) is 18.1 Å². The third kappa shape index (κ3) is 3.21. The molecule has 0 saturated carbocycles. The lowest BCUT2D eigenvalue weighted by atomic mass is 9.96. The molecular weight excluding hydrogens is 386 g/mol. The number of hydrogen-bond donors (Lipinski definition) is 0. The second kappa shape index (κ2) is 7.22. The largest absolute Gasteiger partial charge is 0.460 e. The van der Waals surface area contributed by atoms with Crippen LogP contribution in [0.1, 0.15) is 21.5 Å². The average molecular weight is 403 g/mol. The topological polar surface area (TPSA) is 57.5 Å². The molecule has 29 heavy (non-hydrogen) atoms. The molecule has 0 bridgehead atoms. The molecule has 1 aliphatic rings. The van der Waals surface area contributed by atoms with Crippen molar-refractivity contribution in [3.63, 3.8) is 0 Å². The van der Waals surface area contributed by atoms with Gasteiger partial charge in [0, 0.05) is 12.0 Å². The van der Waals surface area contributed by atoms with Crippen molar-refractivity contribution in [3.05, 3.63) is 93.1 Å². The van der Waals surface area contributed by atoms with Crippen molar-refractivity contribution in [1.82, 2.24) is 4.57 Å². The Bertz CT molecular complexity index is 1290. The molecule has 0 amide bonds. The number of nitrogens with zero attached hydrogens (tertiary/aromatic N) is 1. The normalized spacial score (nSPS) is 12.1. The summed E-state index contributed by atoms with van der Waals surface area (Å²) in [6.45, 7) is 0.448. The van der Waals surface area contributed by atoms with Crippen molar-refractivity contribution in [1.29, 1.82) is 0 Å². The third-order valence-electron chi connectivity index (χ3n) is 5.03. The van der Waals surface area contributed by atoms with Crippen LogP contribution in [0, 0.1) is 0 Å². The summed E-state index contributed by atoms with van der Waals surface area (Å²) in [5.41, 5.74) is 3.23. The molecule has 3 aromatic carbocycles. The Kier molecular flexibility index (Phi) is 4.41. The van der Waals surface area contributed by atoms with Gasteiger partial charge in [-0.3, -0.25) is 9.36 Å². The first-order valence-electron chi connectivity index (χ1n) is 9.34. The van der Waals surface area contributed by atoms with Crippen LogP contribution in [0.5, 0.6) is 11.5 Å². The molecule has 0 unspecified atom stereocenters. The van der Waals surface area contributed by atoms with Gasteiger partial charge >= 0.3 is 10.8 Å². The fraction of sp³-hybridized carbons (Fsp3) is 0.130. The van der Waals surface area contributed by atoms with Crippen molar-refractivity contribution in [3.8, 4) is 11.5 Å². The number of fused-ring (bicyclic) bond motifs is 3. The van der Waals surface area contributed by atoms with E-state index in [1.807, 2.05) is 54.6 Å². The summed E-state index contributed by atoms with van der Waals surface area (Å²) in [4.78, 5) is 24.9. The second-order valence-electron chi connectivity index (χ2n) is 6.79. The van der Waals surface area contributed by atoms with Gasteiger partial charge in [0.25, 0.3) is 0 Å². The van der Waals surface area contributed by atoms with Gasteiger partial charge in [-0.05, 0) is 35.9 Å². The van der Waals surface area contributed by atoms with Gasteiger partial charge in [-0.15, -0.1) is 0 Å². The number of hydrogen-bond acceptors (Lipinski definition) is 5. The van der Waals surface area contributed by atoms with Crippen LogP contribution in [0.15, 0.2) is 71.5 Å². The molecular formula is C23H17NO4S. The van der Waals surface area contributed by atoms with Gasteiger partial charge in [0.15, 0.2) is 0 Å². The summed E-state index contributed by atoms with van der Waals surface area (Å²) < 4.78 is 14.0. The summed E-state index contributed by atoms with van der Waals surface area (Å²) in [6.07, 6.45) is 0.616. The van der Waals surface area contributed by atoms with E-state index in [0.29, 0.717) is 24.3 Å². The van der Waals surface area contributed by atoms with Crippen LogP contribution in [-0.4, -0.2) is 17.1 Å². The molecule has 0 aliphatic carbocycles. The van der Waals surface area contributed by atoms with Gasteiger partial charge in [-0.25, -0.2) is 4.79 Å². The van der Waals surface area contributed by atoms with E-state index in [-0.39, 0.29) is 11.5 Å². The van der Waals surface area contributed by atoms with Gasteiger partial charge in [-0.2, -0.15) is 0 Å². The standard InChI is InChI=1S/C23H17NO4S/c25-22(27-13-12-24-18-8-2-4-11-21(18)29-23(24)26)16-7-5-10-20-17(16)14-15-6-1-3-9-19(15)28-20/h1-11H,12-14H2. The molecule has 1 aromatic heterocycles. The minimum Gasteiger partial charge on any atom is -0.460 e. The van der Waals surface area contributed by atoms with Gasteiger partial charge in [-0.1, -0.05) is 47.7 Å². The quantitative estimate of drug-likeness (QED) is 0.411. The molecule has 5 nitrogen and oxygen atoms in total. The summed E-state index contributed by atoms with van der Waals surface area (Å²) in [6, 6.07) is 20.8. The van der Waals surface area contributed by atoms with Crippen molar-refractivity contribution in [2.45, 2.75) is 13.0 Å². The highest BCUT2D eigenvalue weighted by Gasteiger charge is 2.23. The Morgan fingerprint density at radius 1 is 1.00 bits per heavy atom. The molecule has 4 aromatic rings. The Labute approximate surface area is 170 Å². The SMILES string of the molecule is O=C(OCCn1c(=O)sc2ccccc21)c1cccc2c1Cc1ccccc1O2. The molecule has 5 rings (SSSR count). The van der Waals surface area contributed by atoms with E-state index in [4.69, 9.17) is 9.47 Å². The highest BCUT2D eigenvalue weighted by Crippen LogP contribution is 2.38. The van der Waals surface area contributed by atoms with Crippen molar-refractivity contribution >= 4 is 27.5 Å². The maximum atomic E-state index is 12.7. The van der Waals surface area contributed by atoms with Gasteiger partial charge in [0.05, 0.1) is 22.3 Å². The number of rotatable bonds is 4. The maximum absolute atomic E-state index is 12.7. The van der Waals surface area contributed by atoms with E-state index in [9.17, 15) is 9.59 Å². The van der Waals surface area contributed by atoms with E-state index in [1.165, 1.54) is 11.3 Å². The fourth-order valence-electron chi connectivity index (χ4n) is 3.63. The molecule has 0 saturated heterocycles. The first-order valence-corrected chi connectivity index (χ1v) is 10.2. The Morgan fingerprint density at radius 3 is 2.72 bits per heavy atom. The fourth-order valence-corrected chi connectivity index (χ4v) is 4.54. The zero-order valence-electron chi connectivity index (χ0n) is 15.5. The highest BCUT2D eigenvalue weighted by molar-refractivity contribution is 7.16. The number of thiazole rings is 1. The number of aromatic nitrogens is 1. The molecule has 0 spiro atoms. The second-order valence-corrected chi connectivity index (χ2v) is 7.79. The van der Waals surface area contributed by atoms with Crippen molar-refractivity contribution in [2.24, 2.45) is 0 Å². The van der Waals surface area contributed by atoms with E-state index in [2.05, 4.69) is 0 Å². The maximum Gasteiger partial charge on any atom is 0.338 e. The lowest BCUT2D eigenvalue weighted by Gasteiger charge is -2.21. The Balaban J connectivity index is 1.34. The summed E-state index contributed by atoms with van der Waals surface area (Å²) >= 11 is 1.20. The zero-order chi connectivity index (χ0) is 19.8. The van der Waals surface area contributed by atoms with E-state index >= 15 is 0 Å². The third-order valence-corrected chi connectivity index (χ3v) is 5.99. The van der Waals surface area contributed by atoms with E-state index in [1.54, 1.807) is 16.7 Å². The number of ether oxygens (including phenoxy) is 2.